The summed E-state index contributed by atoms with van der Waals surface area (Å²) in [5.74, 6) is -4.70. The first kappa shape index (κ1) is 15.5. The van der Waals surface area contributed by atoms with Gasteiger partial charge in [0.2, 0.25) is 5.78 Å². The minimum atomic E-state index is -1.38. The molecule has 0 aliphatic rings. The summed E-state index contributed by atoms with van der Waals surface area (Å²) >= 11 is 0. The topological polar surface area (TPSA) is 155 Å². The quantitative estimate of drug-likeness (QED) is 0.419. The van der Waals surface area contributed by atoms with Crippen molar-refractivity contribution in [3.05, 3.63) is 0 Å². The SMILES string of the molecule is CC(=O)C(=O)O.N[C@@H](CC(=O)O)C(=O)O. The van der Waals surface area contributed by atoms with Gasteiger partial charge < -0.3 is 21.1 Å². The van der Waals surface area contributed by atoms with E-state index in [1.54, 1.807) is 0 Å². The van der Waals surface area contributed by atoms with Gasteiger partial charge >= 0.3 is 17.9 Å². The fraction of sp³-hybridized carbons (Fsp3) is 0.429. The molecule has 0 rings (SSSR count). The number of nitrogens with two attached hydrogens (primary N) is 1. The van der Waals surface area contributed by atoms with Gasteiger partial charge in [0.1, 0.15) is 6.04 Å². The first-order chi connectivity index (χ1) is 6.68. The lowest BCUT2D eigenvalue weighted by Gasteiger charge is -1.99. The summed E-state index contributed by atoms with van der Waals surface area (Å²) in [5, 5.41) is 23.7. The average Bonchev–Trinajstić information content (AvgIpc) is 2.03. The van der Waals surface area contributed by atoms with Crippen molar-refractivity contribution in [2.75, 3.05) is 0 Å². The van der Waals surface area contributed by atoms with Crippen molar-refractivity contribution >= 4 is 23.7 Å². The molecule has 8 heteroatoms. The summed E-state index contributed by atoms with van der Waals surface area (Å²) in [6.07, 6.45) is -0.532. The molecule has 0 saturated carbocycles. The number of ketones is 1. The molecule has 1 atom stereocenters. The molecule has 0 heterocycles. The number of carbonyl (C=O) groups is 4. The Kier molecular flexibility index (Phi) is 7.70. The maximum Gasteiger partial charge on any atom is 0.371 e. The fourth-order valence-corrected chi connectivity index (χ4v) is 0.275. The monoisotopic (exact) mass is 221 g/mol. The standard InChI is InChI=1S/C4H7NO4.C3H4O3/c5-2(4(8)9)1-3(6)7;1-2(4)3(5)6/h2H,1,5H2,(H,6,7)(H,8,9);1H3,(H,5,6)/t2-;/m0./s1. The van der Waals surface area contributed by atoms with E-state index in [0.29, 0.717) is 0 Å². The van der Waals surface area contributed by atoms with Gasteiger partial charge in [0, 0.05) is 6.92 Å². The first-order valence-corrected chi connectivity index (χ1v) is 3.62. The van der Waals surface area contributed by atoms with Crippen LogP contribution in [0.3, 0.4) is 0 Å². The van der Waals surface area contributed by atoms with Crippen LogP contribution in [0.25, 0.3) is 0 Å². The zero-order valence-electron chi connectivity index (χ0n) is 7.84. The lowest BCUT2D eigenvalue weighted by Crippen LogP contribution is -2.32. The molecule has 15 heavy (non-hydrogen) atoms. The van der Waals surface area contributed by atoms with Crippen molar-refractivity contribution in [1.82, 2.24) is 0 Å². The summed E-state index contributed by atoms with van der Waals surface area (Å²) in [4.78, 5) is 38.5. The lowest BCUT2D eigenvalue weighted by molar-refractivity contribution is -0.148. The van der Waals surface area contributed by atoms with E-state index in [1.165, 1.54) is 0 Å². The maximum absolute atomic E-state index is 9.85. The van der Waals surface area contributed by atoms with Crippen LogP contribution in [0.5, 0.6) is 0 Å². The smallest absolute Gasteiger partial charge is 0.371 e. The van der Waals surface area contributed by atoms with Crippen LogP contribution in [0.1, 0.15) is 13.3 Å². The van der Waals surface area contributed by atoms with Crippen LogP contribution in [-0.2, 0) is 19.2 Å². The van der Waals surface area contributed by atoms with Gasteiger partial charge in [-0.3, -0.25) is 14.4 Å². The summed E-state index contributed by atoms with van der Waals surface area (Å²) in [5.41, 5.74) is 4.84. The molecule has 86 valence electrons. The molecule has 0 fully saturated rings. The number of aliphatic carboxylic acids is 3. The Morgan fingerprint density at radius 1 is 1.13 bits per heavy atom. The van der Waals surface area contributed by atoms with E-state index in [1.807, 2.05) is 0 Å². The molecule has 8 nitrogen and oxygen atoms in total. The van der Waals surface area contributed by atoms with E-state index >= 15 is 0 Å². The van der Waals surface area contributed by atoms with E-state index in [9.17, 15) is 19.2 Å². The second-order valence-corrected chi connectivity index (χ2v) is 2.40. The minimum absolute atomic E-state index is 0.532. The molecular weight excluding hydrogens is 210 g/mol. The van der Waals surface area contributed by atoms with Crippen LogP contribution in [0.4, 0.5) is 0 Å². The minimum Gasteiger partial charge on any atom is -0.481 e. The molecule has 0 aromatic heterocycles. The van der Waals surface area contributed by atoms with E-state index < -0.39 is 36.2 Å². The van der Waals surface area contributed by atoms with Crippen molar-refractivity contribution in [1.29, 1.82) is 0 Å². The van der Waals surface area contributed by atoms with Gasteiger partial charge in [-0.25, -0.2) is 4.79 Å². The molecule has 0 unspecified atom stereocenters. The Hall–Kier alpha value is -1.96. The van der Waals surface area contributed by atoms with Crippen LogP contribution < -0.4 is 5.73 Å². The third-order valence-corrected chi connectivity index (χ3v) is 1.01. The number of carboxylic acids is 3. The van der Waals surface area contributed by atoms with Gasteiger partial charge in [-0.05, 0) is 0 Å². The highest BCUT2D eigenvalue weighted by atomic mass is 16.4. The Labute approximate surface area is 84.3 Å². The normalized spacial score (nSPS) is 10.5. The molecule has 0 aliphatic carbocycles. The molecule has 0 aromatic carbocycles. The van der Waals surface area contributed by atoms with Gasteiger partial charge in [-0.2, -0.15) is 0 Å². The Bertz CT molecular complexity index is 261. The van der Waals surface area contributed by atoms with Crippen molar-refractivity contribution in [2.24, 2.45) is 5.73 Å². The van der Waals surface area contributed by atoms with E-state index in [2.05, 4.69) is 0 Å². The lowest BCUT2D eigenvalue weighted by atomic mass is 10.2. The number of hydrogen-bond donors (Lipinski definition) is 4. The third kappa shape index (κ3) is 12.0. The molecule has 0 saturated heterocycles. The predicted octanol–water partition coefficient (Wildman–Crippen LogP) is -1.47. The van der Waals surface area contributed by atoms with E-state index in [0.717, 1.165) is 6.92 Å². The predicted molar refractivity (Wildman–Crippen MR) is 46.2 cm³/mol. The summed E-state index contributed by atoms with van der Waals surface area (Å²) in [6, 6.07) is -1.29. The molecule has 0 radical (unpaired) electrons. The molecular formula is C7H11NO7. The van der Waals surface area contributed by atoms with E-state index in [-0.39, 0.29) is 0 Å². The first-order valence-electron chi connectivity index (χ1n) is 3.62. The summed E-state index contributed by atoms with van der Waals surface area (Å²) in [6.45, 7) is 1.00. The molecule has 0 spiro atoms. The van der Waals surface area contributed by atoms with Crippen molar-refractivity contribution in [3.8, 4) is 0 Å². The Balaban J connectivity index is 0. The third-order valence-electron chi connectivity index (χ3n) is 1.01. The molecule has 0 aliphatic heterocycles. The van der Waals surface area contributed by atoms with Crippen LogP contribution in [-0.4, -0.2) is 45.1 Å². The Morgan fingerprint density at radius 3 is 1.53 bits per heavy atom. The highest BCUT2D eigenvalue weighted by molar-refractivity contribution is 6.31. The molecule has 0 aromatic rings. The zero-order valence-corrected chi connectivity index (χ0v) is 7.84. The number of rotatable bonds is 4. The van der Waals surface area contributed by atoms with Gasteiger partial charge in [0.25, 0.3) is 0 Å². The van der Waals surface area contributed by atoms with Crippen molar-refractivity contribution < 1.29 is 34.5 Å². The molecule has 0 amide bonds. The number of carbonyl (C=O) groups excluding carboxylic acids is 1. The van der Waals surface area contributed by atoms with Crippen LogP contribution in [0, 0.1) is 0 Å². The van der Waals surface area contributed by atoms with Crippen LogP contribution in [0.2, 0.25) is 0 Å². The molecule has 5 N–H and O–H groups in total. The zero-order chi connectivity index (χ0) is 12.6. The second-order valence-electron chi connectivity index (χ2n) is 2.40. The number of hydrogen-bond acceptors (Lipinski definition) is 5. The maximum atomic E-state index is 9.85. The van der Waals surface area contributed by atoms with Gasteiger partial charge in [-0.1, -0.05) is 0 Å². The van der Waals surface area contributed by atoms with Crippen LogP contribution in [0.15, 0.2) is 0 Å². The summed E-state index contributed by atoms with van der Waals surface area (Å²) in [7, 11) is 0. The Morgan fingerprint density at radius 2 is 1.47 bits per heavy atom. The van der Waals surface area contributed by atoms with E-state index in [4.69, 9.17) is 21.1 Å². The van der Waals surface area contributed by atoms with Gasteiger partial charge in [-0.15, -0.1) is 0 Å². The summed E-state index contributed by atoms with van der Waals surface area (Å²) < 4.78 is 0. The second kappa shape index (κ2) is 7.44. The fourth-order valence-electron chi connectivity index (χ4n) is 0.275. The van der Waals surface area contributed by atoms with Crippen molar-refractivity contribution in [2.45, 2.75) is 19.4 Å². The average molecular weight is 221 g/mol. The highest BCUT2D eigenvalue weighted by Gasteiger charge is 2.14. The number of carboxylic acid groups (broad SMARTS) is 3. The number of Topliss-reactive ketones (excluding diaryl/α,β-unsaturated/α-hetero) is 1. The van der Waals surface area contributed by atoms with Gasteiger partial charge in [0.15, 0.2) is 0 Å². The highest BCUT2D eigenvalue weighted by Crippen LogP contribution is 1.86. The molecule has 0 bridgehead atoms. The van der Waals surface area contributed by atoms with Crippen molar-refractivity contribution in [3.63, 3.8) is 0 Å². The van der Waals surface area contributed by atoms with Crippen LogP contribution >= 0.6 is 0 Å². The largest absolute Gasteiger partial charge is 0.481 e. The van der Waals surface area contributed by atoms with Gasteiger partial charge in [0.05, 0.1) is 6.42 Å².